The van der Waals surface area contributed by atoms with Crippen molar-refractivity contribution in [2.45, 2.75) is 57.0 Å². The Balaban J connectivity index is 1.43. The van der Waals surface area contributed by atoms with Gasteiger partial charge in [-0.1, -0.05) is 18.9 Å². The highest BCUT2D eigenvalue weighted by atomic mass is 32.1. The summed E-state index contributed by atoms with van der Waals surface area (Å²) in [5.41, 5.74) is 0. The van der Waals surface area contributed by atoms with Gasteiger partial charge in [-0.05, 0) is 43.0 Å². The van der Waals surface area contributed by atoms with Gasteiger partial charge in [-0.15, -0.1) is 11.3 Å². The van der Waals surface area contributed by atoms with Crippen molar-refractivity contribution in [3.8, 4) is 0 Å². The molecule has 1 N–H and O–H groups in total. The average Bonchev–Trinajstić information content (AvgIpc) is 3.00. The van der Waals surface area contributed by atoms with Crippen molar-refractivity contribution in [3.63, 3.8) is 0 Å². The second kappa shape index (κ2) is 6.72. The predicted molar refractivity (Wildman–Crippen MR) is 80.9 cm³/mol. The molecule has 1 saturated heterocycles. The lowest BCUT2D eigenvalue weighted by Gasteiger charge is -2.39. The first-order valence-corrected chi connectivity index (χ1v) is 8.66. The van der Waals surface area contributed by atoms with Crippen molar-refractivity contribution < 1.29 is 9.53 Å². The standard InChI is InChI=1S/C16H23NO2S/c18-16(19-10-9-13-5-3-11-20-13)15-8-7-12-4-1-2-6-14(12)17-15/h3,5,11-12,14-15,17H,1-2,4,6-10H2. The number of thiophene rings is 1. The van der Waals surface area contributed by atoms with E-state index in [4.69, 9.17) is 4.74 Å². The Labute approximate surface area is 124 Å². The molecule has 1 aliphatic carbocycles. The molecule has 1 aromatic heterocycles. The largest absolute Gasteiger partial charge is 0.464 e. The fourth-order valence-electron chi connectivity index (χ4n) is 3.49. The molecule has 0 bridgehead atoms. The average molecular weight is 293 g/mol. The summed E-state index contributed by atoms with van der Waals surface area (Å²) in [6.45, 7) is 0.506. The van der Waals surface area contributed by atoms with Gasteiger partial charge in [0, 0.05) is 17.3 Å². The molecule has 3 nitrogen and oxygen atoms in total. The Hall–Kier alpha value is -0.870. The van der Waals surface area contributed by atoms with Crippen LogP contribution in [0.15, 0.2) is 17.5 Å². The number of fused-ring (bicyclic) bond motifs is 1. The van der Waals surface area contributed by atoms with Gasteiger partial charge in [-0.25, -0.2) is 0 Å². The zero-order valence-corrected chi connectivity index (χ0v) is 12.7. The predicted octanol–water partition coefficient (Wildman–Crippen LogP) is 3.14. The minimum atomic E-state index is -0.0716. The first kappa shape index (κ1) is 14.1. The summed E-state index contributed by atoms with van der Waals surface area (Å²) in [6, 6.07) is 4.60. The molecule has 0 radical (unpaired) electrons. The van der Waals surface area contributed by atoms with Crippen LogP contribution in [0.3, 0.4) is 0 Å². The van der Waals surface area contributed by atoms with E-state index >= 15 is 0 Å². The van der Waals surface area contributed by atoms with Gasteiger partial charge in [0.15, 0.2) is 0 Å². The maximum absolute atomic E-state index is 12.1. The zero-order chi connectivity index (χ0) is 13.8. The second-order valence-electron chi connectivity index (χ2n) is 5.94. The first-order chi connectivity index (χ1) is 9.83. The number of hydrogen-bond acceptors (Lipinski definition) is 4. The highest BCUT2D eigenvalue weighted by molar-refractivity contribution is 7.09. The Morgan fingerprint density at radius 3 is 3.05 bits per heavy atom. The molecule has 3 atom stereocenters. The van der Waals surface area contributed by atoms with Crippen molar-refractivity contribution in [3.05, 3.63) is 22.4 Å². The van der Waals surface area contributed by atoms with Gasteiger partial charge in [0.25, 0.3) is 0 Å². The van der Waals surface area contributed by atoms with E-state index in [-0.39, 0.29) is 12.0 Å². The quantitative estimate of drug-likeness (QED) is 0.867. The van der Waals surface area contributed by atoms with E-state index in [1.54, 1.807) is 11.3 Å². The van der Waals surface area contributed by atoms with E-state index in [9.17, 15) is 4.79 Å². The van der Waals surface area contributed by atoms with Gasteiger partial charge in [-0.2, -0.15) is 0 Å². The summed E-state index contributed by atoms with van der Waals surface area (Å²) < 4.78 is 5.44. The smallest absolute Gasteiger partial charge is 0.323 e. The summed E-state index contributed by atoms with van der Waals surface area (Å²) in [7, 11) is 0. The van der Waals surface area contributed by atoms with E-state index in [1.807, 2.05) is 6.07 Å². The molecule has 110 valence electrons. The number of rotatable bonds is 4. The zero-order valence-electron chi connectivity index (χ0n) is 11.8. The van der Waals surface area contributed by atoms with Crippen molar-refractivity contribution in [1.82, 2.24) is 5.32 Å². The highest BCUT2D eigenvalue weighted by Gasteiger charge is 2.34. The summed E-state index contributed by atoms with van der Waals surface area (Å²) in [5, 5.41) is 5.59. The number of piperidine rings is 1. The lowest BCUT2D eigenvalue weighted by atomic mass is 9.78. The van der Waals surface area contributed by atoms with Crippen LogP contribution in [0.5, 0.6) is 0 Å². The van der Waals surface area contributed by atoms with Crippen LogP contribution in [-0.2, 0) is 16.0 Å². The third-order valence-corrected chi connectivity index (χ3v) is 5.54. The minimum absolute atomic E-state index is 0.0504. The van der Waals surface area contributed by atoms with Crippen molar-refractivity contribution >= 4 is 17.3 Å². The van der Waals surface area contributed by atoms with E-state index in [0.717, 1.165) is 18.8 Å². The van der Waals surface area contributed by atoms with Gasteiger partial charge in [-0.3, -0.25) is 4.79 Å². The first-order valence-electron chi connectivity index (χ1n) is 7.78. The van der Waals surface area contributed by atoms with Crippen LogP contribution < -0.4 is 5.32 Å². The lowest BCUT2D eigenvalue weighted by molar-refractivity contribution is -0.147. The monoisotopic (exact) mass is 293 g/mol. The van der Waals surface area contributed by atoms with Crippen LogP contribution >= 0.6 is 11.3 Å². The number of hydrogen-bond donors (Lipinski definition) is 1. The molecule has 0 aromatic carbocycles. The van der Waals surface area contributed by atoms with Crippen LogP contribution in [0, 0.1) is 5.92 Å². The van der Waals surface area contributed by atoms with E-state index < -0.39 is 0 Å². The van der Waals surface area contributed by atoms with Crippen molar-refractivity contribution in [2.24, 2.45) is 5.92 Å². The minimum Gasteiger partial charge on any atom is -0.464 e. The Bertz CT molecular complexity index is 432. The summed E-state index contributed by atoms with van der Waals surface area (Å²) in [4.78, 5) is 13.4. The molecule has 1 saturated carbocycles. The summed E-state index contributed by atoms with van der Waals surface area (Å²) >= 11 is 1.72. The van der Waals surface area contributed by atoms with Crippen molar-refractivity contribution in [1.29, 1.82) is 0 Å². The highest BCUT2D eigenvalue weighted by Crippen LogP contribution is 2.32. The van der Waals surface area contributed by atoms with Crippen LogP contribution in [0.1, 0.15) is 43.4 Å². The maximum atomic E-state index is 12.1. The Morgan fingerprint density at radius 2 is 2.20 bits per heavy atom. The molecule has 2 fully saturated rings. The second-order valence-corrected chi connectivity index (χ2v) is 6.98. The number of esters is 1. The molecule has 1 aliphatic heterocycles. The van der Waals surface area contributed by atoms with Crippen LogP contribution in [0.25, 0.3) is 0 Å². The molecular formula is C16H23NO2S. The fourth-order valence-corrected chi connectivity index (χ4v) is 4.18. The van der Waals surface area contributed by atoms with Gasteiger partial charge in [0.2, 0.25) is 0 Å². The van der Waals surface area contributed by atoms with Gasteiger partial charge < -0.3 is 10.1 Å². The normalized spacial score (nSPS) is 29.7. The molecule has 4 heteroatoms. The fraction of sp³-hybridized carbons (Fsp3) is 0.688. The van der Waals surface area contributed by atoms with Gasteiger partial charge >= 0.3 is 5.97 Å². The number of ether oxygens (including phenoxy) is 1. The number of carbonyl (C=O) groups excluding carboxylic acids is 1. The number of carbonyl (C=O) groups is 1. The SMILES string of the molecule is O=C(OCCc1cccs1)C1CCC2CCCCC2N1. The molecule has 3 unspecified atom stereocenters. The molecule has 0 amide bonds. The van der Waals surface area contributed by atoms with Gasteiger partial charge in [0.05, 0.1) is 6.61 Å². The third kappa shape index (κ3) is 3.41. The molecular weight excluding hydrogens is 270 g/mol. The topological polar surface area (TPSA) is 38.3 Å². The molecule has 2 heterocycles. The third-order valence-electron chi connectivity index (χ3n) is 4.61. The van der Waals surface area contributed by atoms with E-state index in [1.165, 1.54) is 37.0 Å². The van der Waals surface area contributed by atoms with Crippen LogP contribution in [0.4, 0.5) is 0 Å². The van der Waals surface area contributed by atoms with Crippen LogP contribution in [-0.4, -0.2) is 24.7 Å². The van der Waals surface area contributed by atoms with Crippen molar-refractivity contribution in [2.75, 3.05) is 6.61 Å². The molecule has 20 heavy (non-hydrogen) atoms. The van der Waals surface area contributed by atoms with Crippen LogP contribution in [0.2, 0.25) is 0 Å². The lowest BCUT2D eigenvalue weighted by Crippen LogP contribution is -2.52. The van der Waals surface area contributed by atoms with E-state index in [2.05, 4.69) is 16.8 Å². The van der Waals surface area contributed by atoms with Gasteiger partial charge in [0.1, 0.15) is 6.04 Å². The molecule has 3 rings (SSSR count). The summed E-state index contributed by atoms with van der Waals surface area (Å²) in [6.07, 6.45) is 8.18. The molecule has 1 aromatic rings. The Kier molecular flexibility index (Phi) is 4.73. The van der Waals surface area contributed by atoms with E-state index in [0.29, 0.717) is 12.6 Å². The molecule has 0 spiro atoms. The maximum Gasteiger partial charge on any atom is 0.323 e. The summed E-state index contributed by atoms with van der Waals surface area (Å²) in [5.74, 6) is 0.740. The number of nitrogens with one attached hydrogen (secondary N) is 1. The molecule has 2 aliphatic rings. The Morgan fingerprint density at radius 1 is 1.30 bits per heavy atom.